The van der Waals surface area contributed by atoms with E-state index in [-0.39, 0.29) is 0 Å². The van der Waals surface area contributed by atoms with E-state index in [4.69, 9.17) is 4.98 Å². The van der Waals surface area contributed by atoms with E-state index in [0.29, 0.717) is 5.92 Å². The summed E-state index contributed by atoms with van der Waals surface area (Å²) in [6, 6.07) is 8.43. The van der Waals surface area contributed by atoms with Crippen molar-refractivity contribution in [2.45, 2.75) is 43.9 Å². The highest BCUT2D eigenvalue weighted by atomic mass is 79.9. The molecular weight excluding hydrogens is 364 g/mol. The minimum atomic E-state index is 0.486. The third-order valence-electron chi connectivity index (χ3n) is 3.01. The second-order valence-electron chi connectivity index (χ2n) is 5.10. The highest BCUT2D eigenvalue weighted by Gasteiger charge is 2.14. The van der Waals surface area contributed by atoms with Crippen LogP contribution in [0.3, 0.4) is 0 Å². The summed E-state index contributed by atoms with van der Waals surface area (Å²) in [5, 5.41) is 4.63. The van der Waals surface area contributed by atoms with Gasteiger partial charge in [0.05, 0.1) is 11.4 Å². The molecule has 2 rings (SSSR count). The smallest absolute Gasteiger partial charge is 0.103 e. The van der Waals surface area contributed by atoms with Crippen molar-refractivity contribution in [1.29, 1.82) is 0 Å². The van der Waals surface area contributed by atoms with Crippen molar-refractivity contribution >= 4 is 39.0 Å². The van der Waals surface area contributed by atoms with Crippen molar-refractivity contribution in [3.8, 4) is 0 Å². The molecule has 21 heavy (non-hydrogen) atoms. The standard InChI is InChI=1S/C16H21BrN2S2/c1-4-18-9-14-16(11(2)3)19-15(21-14)10-20-13-7-5-6-12(17)8-13/h5-8,11,18H,4,9-10H2,1-3H3. The first-order valence-electron chi connectivity index (χ1n) is 7.17. The quantitative estimate of drug-likeness (QED) is 0.644. The Morgan fingerprint density at radius 1 is 1.38 bits per heavy atom. The monoisotopic (exact) mass is 384 g/mol. The van der Waals surface area contributed by atoms with E-state index in [1.165, 1.54) is 20.5 Å². The lowest BCUT2D eigenvalue weighted by Crippen LogP contribution is -2.12. The maximum absolute atomic E-state index is 4.85. The van der Waals surface area contributed by atoms with Gasteiger partial charge < -0.3 is 5.32 Å². The molecule has 2 aromatic rings. The van der Waals surface area contributed by atoms with Crippen LogP contribution in [-0.2, 0) is 12.3 Å². The van der Waals surface area contributed by atoms with Gasteiger partial charge in [-0.15, -0.1) is 23.1 Å². The number of nitrogens with one attached hydrogen (secondary N) is 1. The van der Waals surface area contributed by atoms with Crippen LogP contribution in [0.4, 0.5) is 0 Å². The minimum Gasteiger partial charge on any atom is -0.312 e. The van der Waals surface area contributed by atoms with Gasteiger partial charge in [0.1, 0.15) is 5.01 Å². The largest absolute Gasteiger partial charge is 0.312 e. The number of benzene rings is 1. The summed E-state index contributed by atoms with van der Waals surface area (Å²) >= 11 is 7.20. The minimum absolute atomic E-state index is 0.486. The number of nitrogens with zero attached hydrogens (tertiary/aromatic N) is 1. The Hall–Kier alpha value is -0.360. The molecule has 0 unspecified atom stereocenters. The molecule has 0 fully saturated rings. The Morgan fingerprint density at radius 3 is 2.86 bits per heavy atom. The van der Waals surface area contributed by atoms with Crippen molar-refractivity contribution in [2.75, 3.05) is 6.54 Å². The molecule has 2 nitrogen and oxygen atoms in total. The van der Waals surface area contributed by atoms with Crippen LogP contribution in [0.2, 0.25) is 0 Å². The summed E-state index contributed by atoms with van der Waals surface area (Å²) in [5.74, 6) is 1.42. The molecule has 1 heterocycles. The predicted molar refractivity (Wildman–Crippen MR) is 97.3 cm³/mol. The van der Waals surface area contributed by atoms with Gasteiger partial charge in [-0.05, 0) is 30.7 Å². The Balaban J connectivity index is 2.06. The number of hydrogen-bond donors (Lipinski definition) is 1. The number of thiazole rings is 1. The molecule has 0 aliphatic heterocycles. The van der Waals surface area contributed by atoms with E-state index in [1.54, 1.807) is 0 Å². The second-order valence-corrected chi connectivity index (χ2v) is 8.23. The fourth-order valence-corrected chi connectivity index (χ4v) is 4.69. The normalized spacial score (nSPS) is 11.3. The van der Waals surface area contributed by atoms with Gasteiger partial charge in [-0.2, -0.15) is 0 Å². The van der Waals surface area contributed by atoms with Crippen LogP contribution < -0.4 is 5.32 Å². The fourth-order valence-electron chi connectivity index (χ4n) is 1.99. The van der Waals surface area contributed by atoms with E-state index < -0.39 is 0 Å². The number of hydrogen-bond acceptors (Lipinski definition) is 4. The van der Waals surface area contributed by atoms with Crippen molar-refractivity contribution in [2.24, 2.45) is 0 Å². The van der Waals surface area contributed by atoms with E-state index in [1.807, 2.05) is 23.1 Å². The van der Waals surface area contributed by atoms with Gasteiger partial charge in [0.15, 0.2) is 0 Å². The van der Waals surface area contributed by atoms with Crippen molar-refractivity contribution in [3.05, 3.63) is 44.3 Å². The van der Waals surface area contributed by atoms with Gasteiger partial charge in [-0.3, -0.25) is 0 Å². The van der Waals surface area contributed by atoms with Crippen LogP contribution >= 0.6 is 39.0 Å². The molecule has 0 spiro atoms. The van der Waals surface area contributed by atoms with Crippen molar-refractivity contribution in [1.82, 2.24) is 10.3 Å². The summed E-state index contributed by atoms with van der Waals surface area (Å²) in [6.07, 6.45) is 0. The summed E-state index contributed by atoms with van der Waals surface area (Å²) in [5.41, 5.74) is 1.26. The number of rotatable bonds is 7. The third-order valence-corrected chi connectivity index (χ3v) is 5.76. The summed E-state index contributed by atoms with van der Waals surface area (Å²) in [6.45, 7) is 8.51. The van der Waals surface area contributed by atoms with Gasteiger partial charge in [0, 0.05) is 20.8 Å². The molecule has 1 aromatic carbocycles. The van der Waals surface area contributed by atoms with Gasteiger partial charge in [0.2, 0.25) is 0 Å². The summed E-state index contributed by atoms with van der Waals surface area (Å²) < 4.78 is 1.13. The van der Waals surface area contributed by atoms with Crippen LogP contribution in [0.15, 0.2) is 33.6 Å². The van der Waals surface area contributed by atoms with E-state index in [9.17, 15) is 0 Å². The Kier molecular flexibility index (Phi) is 6.74. The van der Waals surface area contributed by atoms with E-state index >= 15 is 0 Å². The molecule has 114 valence electrons. The zero-order valence-electron chi connectivity index (χ0n) is 12.6. The topological polar surface area (TPSA) is 24.9 Å². The maximum Gasteiger partial charge on any atom is 0.103 e. The van der Waals surface area contributed by atoms with Gasteiger partial charge in [0.25, 0.3) is 0 Å². The van der Waals surface area contributed by atoms with Crippen LogP contribution in [-0.4, -0.2) is 11.5 Å². The maximum atomic E-state index is 4.85. The Bertz CT molecular complexity index is 581. The second kappa shape index (κ2) is 8.32. The van der Waals surface area contributed by atoms with Crippen LogP contribution in [0.1, 0.15) is 42.3 Å². The number of halogens is 1. The lowest BCUT2D eigenvalue weighted by molar-refractivity contribution is 0.713. The highest BCUT2D eigenvalue weighted by Crippen LogP contribution is 2.30. The SMILES string of the molecule is CCNCc1sc(CSc2cccc(Br)c2)nc1C(C)C. The van der Waals surface area contributed by atoms with E-state index in [2.05, 4.69) is 66.3 Å². The third kappa shape index (κ3) is 5.09. The molecule has 5 heteroatoms. The summed E-state index contributed by atoms with van der Waals surface area (Å²) in [4.78, 5) is 7.51. The van der Waals surface area contributed by atoms with Crippen LogP contribution in [0, 0.1) is 0 Å². The van der Waals surface area contributed by atoms with E-state index in [0.717, 1.165) is 23.3 Å². The molecule has 1 N–H and O–H groups in total. The molecule has 0 saturated carbocycles. The molecule has 0 amide bonds. The average Bonchev–Trinajstić information content (AvgIpc) is 2.86. The van der Waals surface area contributed by atoms with Gasteiger partial charge in [-0.25, -0.2) is 4.98 Å². The summed E-state index contributed by atoms with van der Waals surface area (Å²) in [7, 11) is 0. The van der Waals surface area contributed by atoms with Crippen molar-refractivity contribution in [3.63, 3.8) is 0 Å². The molecule has 0 aliphatic carbocycles. The van der Waals surface area contributed by atoms with Gasteiger partial charge >= 0.3 is 0 Å². The first-order chi connectivity index (χ1) is 10.1. The van der Waals surface area contributed by atoms with Crippen LogP contribution in [0.5, 0.6) is 0 Å². The molecule has 0 atom stereocenters. The number of thioether (sulfide) groups is 1. The highest BCUT2D eigenvalue weighted by molar-refractivity contribution is 9.10. The number of aromatic nitrogens is 1. The average molecular weight is 385 g/mol. The first-order valence-corrected chi connectivity index (χ1v) is 9.77. The lowest BCUT2D eigenvalue weighted by Gasteiger charge is -2.04. The zero-order chi connectivity index (χ0) is 15.2. The Labute approximate surface area is 143 Å². The van der Waals surface area contributed by atoms with Gasteiger partial charge in [-0.1, -0.05) is 42.8 Å². The first kappa shape index (κ1) is 17.0. The lowest BCUT2D eigenvalue weighted by atomic mass is 10.1. The van der Waals surface area contributed by atoms with Crippen molar-refractivity contribution < 1.29 is 0 Å². The zero-order valence-corrected chi connectivity index (χ0v) is 15.9. The molecule has 0 saturated heterocycles. The van der Waals surface area contributed by atoms with Crippen LogP contribution in [0.25, 0.3) is 0 Å². The Morgan fingerprint density at radius 2 is 2.19 bits per heavy atom. The molecule has 0 bridgehead atoms. The molecular formula is C16H21BrN2S2. The predicted octanol–water partition coefficient (Wildman–Crippen LogP) is 5.43. The fraction of sp³-hybridized carbons (Fsp3) is 0.438. The molecule has 1 aromatic heterocycles. The molecule has 0 radical (unpaired) electrons. The molecule has 0 aliphatic rings.